The number of nitrogens with one attached hydrogen (secondary N) is 1. The van der Waals surface area contributed by atoms with E-state index in [1.807, 2.05) is 0 Å². The van der Waals surface area contributed by atoms with Crippen molar-refractivity contribution >= 4 is 5.97 Å². The molecule has 0 aliphatic heterocycles. The Morgan fingerprint density at radius 3 is 2.30 bits per heavy atom. The van der Waals surface area contributed by atoms with Crippen LogP contribution in [0.3, 0.4) is 0 Å². The number of hydrogen-bond donors (Lipinski definition) is 2. The number of alkyl halides is 2. The highest BCUT2D eigenvalue weighted by molar-refractivity contribution is 5.84. The Balaban J connectivity index is 3.06. The number of benzene rings is 1. The van der Waals surface area contributed by atoms with E-state index in [2.05, 4.69) is 12.0 Å². The number of aliphatic carboxylic acids is 1. The van der Waals surface area contributed by atoms with Gasteiger partial charge in [-0.15, -0.1) is 0 Å². The predicted molar refractivity (Wildman–Crippen MR) is 75.0 cm³/mol. The van der Waals surface area contributed by atoms with Crippen molar-refractivity contribution in [3.63, 3.8) is 0 Å². The number of carboxylic acids is 1. The smallest absolute Gasteiger partial charge is 0.352 e. The first-order valence-electron chi connectivity index (χ1n) is 6.55. The molecule has 0 aliphatic carbocycles. The molecule has 2 N–H and O–H groups in total. The van der Waals surface area contributed by atoms with Gasteiger partial charge in [-0.05, 0) is 19.1 Å². The van der Waals surface area contributed by atoms with E-state index in [0.717, 1.165) is 28.3 Å². The van der Waals surface area contributed by atoms with Crippen LogP contribution < -0.4 is 5.43 Å². The second kappa shape index (κ2) is 7.93. The van der Waals surface area contributed by atoms with Crippen molar-refractivity contribution in [1.29, 1.82) is 0 Å². The summed E-state index contributed by atoms with van der Waals surface area (Å²) in [6, 6.07) is 1.87. The van der Waals surface area contributed by atoms with Gasteiger partial charge in [0.1, 0.15) is 17.3 Å². The zero-order chi connectivity index (χ0) is 17.7. The summed E-state index contributed by atoms with van der Waals surface area (Å²) in [5.41, 5.74) is 1.37. The fourth-order valence-electron chi connectivity index (χ4n) is 1.75. The molecule has 1 aromatic rings. The topological polar surface area (TPSA) is 55.8 Å². The standard InChI is InChI=1S/C14H17F4N3O2/c1-8(13(17)18)19-20(3)21(9(2)14(22)23)7-10-11(15)5-4-6-12(10)16/h4-6,8,13,19H,2,7H2,1,3H3,(H,22,23). The van der Waals surface area contributed by atoms with Crippen LogP contribution in [0.5, 0.6) is 0 Å². The van der Waals surface area contributed by atoms with Crippen LogP contribution in [-0.2, 0) is 11.3 Å². The molecule has 0 radical (unpaired) electrons. The van der Waals surface area contributed by atoms with E-state index in [-0.39, 0.29) is 0 Å². The van der Waals surface area contributed by atoms with Gasteiger partial charge < -0.3 is 5.11 Å². The van der Waals surface area contributed by atoms with Crippen LogP contribution in [0.25, 0.3) is 0 Å². The maximum absolute atomic E-state index is 13.7. The molecule has 1 unspecified atom stereocenters. The largest absolute Gasteiger partial charge is 0.477 e. The Kier molecular flexibility index (Phi) is 6.52. The molecule has 23 heavy (non-hydrogen) atoms. The number of nitrogens with zero attached hydrogens (tertiary/aromatic N) is 2. The zero-order valence-corrected chi connectivity index (χ0v) is 12.6. The highest BCUT2D eigenvalue weighted by Gasteiger charge is 2.25. The van der Waals surface area contributed by atoms with Crippen LogP contribution in [0, 0.1) is 11.6 Å². The van der Waals surface area contributed by atoms with Crippen molar-refractivity contribution in [2.24, 2.45) is 0 Å². The van der Waals surface area contributed by atoms with E-state index < -0.39 is 47.9 Å². The average molecular weight is 335 g/mol. The Morgan fingerprint density at radius 1 is 1.35 bits per heavy atom. The highest BCUT2D eigenvalue weighted by atomic mass is 19.3. The fourth-order valence-corrected chi connectivity index (χ4v) is 1.75. The molecule has 1 rings (SSSR count). The number of carboxylic acid groups (broad SMARTS) is 1. The third kappa shape index (κ3) is 4.93. The van der Waals surface area contributed by atoms with Gasteiger partial charge in [0.15, 0.2) is 0 Å². The van der Waals surface area contributed by atoms with Gasteiger partial charge in [0, 0.05) is 12.6 Å². The summed E-state index contributed by atoms with van der Waals surface area (Å²) in [5.74, 6) is -3.23. The summed E-state index contributed by atoms with van der Waals surface area (Å²) in [7, 11) is 1.24. The summed E-state index contributed by atoms with van der Waals surface area (Å²) < 4.78 is 52.7. The van der Waals surface area contributed by atoms with Crippen molar-refractivity contribution in [3.8, 4) is 0 Å². The number of rotatable bonds is 8. The van der Waals surface area contributed by atoms with E-state index in [4.69, 9.17) is 5.11 Å². The van der Waals surface area contributed by atoms with Crippen molar-refractivity contribution in [3.05, 3.63) is 47.7 Å². The van der Waals surface area contributed by atoms with Gasteiger partial charge >= 0.3 is 5.97 Å². The van der Waals surface area contributed by atoms with E-state index in [1.54, 1.807) is 0 Å². The summed E-state index contributed by atoms with van der Waals surface area (Å²) in [5, 5.41) is 10.8. The molecule has 0 saturated heterocycles. The molecular weight excluding hydrogens is 318 g/mol. The van der Waals surface area contributed by atoms with Crippen molar-refractivity contribution in [2.75, 3.05) is 7.05 Å². The maximum Gasteiger partial charge on any atom is 0.352 e. The van der Waals surface area contributed by atoms with Crippen LogP contribution in [-0.4, -0.2) is 40.7 Å². The van der Waals surface area contributed by atoms with Crippen LogP contribution in [0.4, 0.5) is 17.6 Å². The molecule has 0 saturated carbocycles. The molecule has 0 heterocycles. The van der Waals surface area contributed by atoms with Crippen molar-refractivity contribution < 1.29 is 27.5 Å². The predicted octanol–water partition coefficient (Wildman–Crippen LogP) is 2.37. The number of hydrogen-bond acceptors (Lipinski definition) is 4. The molecule has 0 aromatic heterocycles. The van der Waals surface area contributed by atoms with Gasteiger partial charge in [-0.25, -0.2) is 27.8 Å². The van der Waals surface area contributed by atoms with E-state index >= 15 is 0 Å². The van der Waals surface area contributed by atoms with Gasteiger partial charge in [0.25, 0.3) is 6.43 Å². The lowest BCUT2D eigenvalue weighted by atomic mass is 10.2. The number of hydrazine groups is 2. The van der Waals surface area contributed by atoms with E-state index in [9.17, 15) is 22.4 Å². The second-order valence-corrected chi connectivity index (χ2v) is 4.79. The molecule has 128 valence electrons. The molecule has 0 fully saturated rings. The SMILES string of the molecule is C=C(C(=O)O)N(Cc1c(F)cccc1F)N(C)NC(C)C(F)F. The lowest BCUT2D eigenvalue weighted by molar-refractivity contribution is -0.140. The average Bonchev–Trinajstić information content (AvgIpc) is 2.45. The summed E-state index contributed by atoms with van der Waals surface area (Å²) in [4.78, 5) is 11.1. The second-order valence-electron chi connectivity index (χ2n) is 4.79. The molecule has 0 aliphatic rings. The molecule has 1 atom stereocenters. The zero-order valence-electron chi connectivity index (χ0n) is 12.6. The highest BCUT2D eigenvalue weighted by Crippen LogP contribution is 2.18. The molecule has 0 bridgehead atoms. The Morgan fingerprint density at radius 2 is 1.87 bits per heavy atom. The Hall–Kier alpha value is -2.13. The third-order valence-electron chi connectivity index (χ3n) is 3.06. The first-order chi connectivity index (χ1) is 10.6. The fraction of sp³-hybridized carbons (Fsp3) is 0.357. The molecule has 0 spiro atoms. The lowest BCUT2D eigenvalue weighted by Crippen LogP contribution is -2.53. The van der Waals surface area contributed by atoms with Crippen LogP contribution in [0.15, 0.2) is 30.5 Å². The molecule has 5 nitrogen and oxygen atoms in total. The maximum atomic E-state index is 13.7. The van der Waals surface area contributed by atoms with Gasteiger partial charge in [-0.1, -0.05) is 12.6 Å². The minimum absolute atomic E-state index is 0.409. The third-order valence-corrected chi connectivity index (χ3v) is 3.06. The molecule has 1 aromatic carbocycles. The summed E-state index contributed by atoms with van der Waals surface area (Å²) in [6.45, 7) is 3.93. The summed E-state index contributed by atoms with van der Waals surface area (Å²) >= 11 is 0. The Labute approximate surface area is 130 Å². The van der Waals surface area contributed by atoms with Crippen molar-refractivity contribution in [1.82, 2.24) is 15.6 Å². The Bertz CT molecular complexity index is 563. The van der Waals surface area contributed by atoms with Gasteiger partial charge in [0.2, 0.25) is 0 Å². The number of carbonyl (C=O) groups is 1. The van der Waals surface area contributed by atoms with E-state index in [0.29, 0.717) is 0 Å². The van der Waals surface area contributed by atoms with Gasteiger partial charge in [-0.3, -0.25) is 5.01 Å². The first-order valence-corrected chi connectivity index (χ1v) is 6.55. The van der Waals surface area contributed by atoms with Crippen LogP contribution in [0.2, 0.25) is 0 Å². The van der Waals surface area contributed by atoms with E-state index in [1.165, 1.54) is 14.0 Å². The lowest BCUT2D eigenvalue weighted by Gasteiger charge is -2.35. The van der Waals surface area contributed by atoms with Crippen LogP contribution in [0.1, 0.15) is 12.5 Å². The monoisotopic (exact) mass is 335 g/mol. The van der Waals surface area contributed by atoms with Gasteiger partial charge in [-0.2, -0.15) is 5.12 Å². The molecule has 9 heteroatoms. The van der Waals surface area contributed by atoms with Gasteiger partial charge in [0.05, 0.1) is 12.6 Å². The normalized spacial score (nSPS) is 12.5. The van der Waals surface area contributed by atoms with Crippen molar-refractivity contribution in [2.45, 2.75) is 25.9 Å². The van der Waals surface area contributed by atoms with Crippen LogP contribution >= 0.6 is 0 Å². The minimum Gasteiger partial charge on any atom is -0.477 e. The minimum atomic E-state index is -2.72. The molecule has 0 amide bonds. The summed E-state index contributed by atoms with van der Waals surface area (Å²) in [6.07, 6.45) is -2.72. The first kappa shape index (κ1) is 18.9. The quantitative estimate of drug-likeness (QED) is 0.434. The number of halogens is 4. The molecular formula is C14H17F4N3O2.